The second-order valence-electron chi connectivity index (χ2n) is 7.97. The number of hydrogen-bond donors (Lipinski definition) is 0. The van der Waals surface area contributed by atoms with Crippen LogP contribution in [0.25, 0.3) is 0 Å². The van der Waals surface area contributed by atoms with E-state index in [-0.39, 0.29) is 4.90 Å². The molecule has 1 amide bonds. The Morgan fingerprint density at radius 3 is 2.27 bits per heavy atom. The molecule has 0 saturated carbocycles. The van der Waals surface area contributed by atoms with Gasteiger partial charge in [0.2, 0.25) is 10.0 Å². The van der Waals surface area contributed by atoms with Gasteiger partial charge in [-0.25, -0.2) is 8.42 Å². The van der Waals surface area contributed by atoms with E-state index < -0.39 is 19.7 Å². The Morgan fingerprint density at radius 1 is 0.970 bits per heavy atom. The molecule has 2 aliphatic heterocycles. The molecule has 178 valence electrons. The van der Waals surface area contributed by atoms with Crippen LogP contribution in [-0.4, -0.2) is 67.2 Å². The lowest BCUT2D eigenvalue weighted by Crippen LogP contribution is -2.51. The quantitative estimate of drug-likeness (QED) is 0.564. The SMILES string of the molecule is COc1ccc(S(=O)(=O)N2CCc3ccccc3C2)cc1N1CCN(C(=O)C(Cl)(Cl)Cl)CC1. The van der Waals surface area contributed by atoms with Gasteiger partial charge in [0.15, 0.2) is 0 Å². The van der Waals surface area contributed by atoms with Gasteiger partial charge < -0.3 is 14.5 Å². The molecule has 2 heterocycles. The number of methoxy groups -OCH3 is 1. The summed E-state index contributed by atoms with van der Waals surface area (Å²) < 4.78 is 31.9. The fourth-order valence-corrected chi connectivity index (χ4v) is 6.03. The summed E-state index contributed by atoms with van der Waals surface area (Å²) in [6.45, 7) is 2.36. The molecular formula is C22H24Cl3N3O4S. The van der Waals surface area contributed by atoms with E-state index in [1.807, 2.05) is 29.2 Å². The van der Waals surface area contributed by atoms with Crippen LogP contribution in [0.15, 0.2) is 47.4 Å². The number of nitrogens with zero attached hydrogens (tertiary/aromatic N) is 3. The number of piperazine rings is 1. The first-order valence-electron chi connectivity index (χ1n) is 10.5. The number of benzene rings is 2. The zero-order valence-corrected chi connectivity index (χ0v) is 21.1. The Balaban J connectivity index is 1.56. The Morgan fingerprint density at radius 2 is 1.64 bits per heavy atom. The average molecular weight is 533 g/mol. The number of halogens is 3. The lowest BCUT2D eigenvalue weighted by atomic mass is 10.0. The monoisotopic (exact) mass is 531 g/mol. The first-order valence-corrected chi connectivity index (χ1v) is 13.0. The van der Waals surface area contributed by atoms with Crippen LogP contribution in [0.4, 0.5) is 5.69 Å². The summed E-state index contributed by atoms with van der Waals surface area (Å²) in [4.78, 5) is 15.9. The van der Waals surface area contributed by atoms with Crippen LogP contribution < -0.4 is 9.64 Å². The van der Waals surface area contributed by atoms with E-state index in [4.69, 9.17) is 39.5 Å². The smallest absolute Gasteiger partial charge is 0.274 e. The molecule has 0 radical (unpaired) electrons. The highest BCUT2D eigenvalue weighted by molar-refractivity contribution is 7.89. The van der Waals surface area contributed by atoms with Gasteiger partial charge in [-0.2, -0.15) is 4.31 Å². The normalized spacial score (nSPS) is 17.6. The summed E-state index contributed by atoms with van der Waals surface area (Å²) >= 11 is 17.2. The Labute approximate surface area is 208 Å². The Kier molecular flexibility index (Phi) is 7.03. The number of rotatable bonds is 4. The molecule has 0 unspecified atom stereocenters. The molecule has 2 aromatic carbocycles. The van der Waals surface area contributed by atoms with Gasteiger partial charge in [0.1, 0.15) is 5.75 Å². The molecule has 33 heavy (non-hydrogen) atoms. The second kappa shape index (κ2) is 9.50. The van der Waals surface area contributed by atoms with Gasteiger partial charge in [-0.15, -0.1) is 0 Å². The highest BCUT2D eigenvalue weighted by atomic mass is 35.6. The van der Waals surface area contributed by atoms with Crippen molar-refractivity contribution < 1.29 is 17.9 Å². The molecule has 7 nitrogen and oxygen atoms in total. The predicted octanol–water partition coefficient (Wildman–Crippen LogP) is 3.46. The van der Waals surface area contributed by atoms with E-state index in [0.717, 1.165) is 5.56 Å². The van der Waals surface area contributed by atoms with Gasteiger partial charge in [0.25, 0.3) is 9.70 Å². The minimum Gasteiger partial charge on any atom is -0.495 e. The number of anilines is 1. The number of carbonyl (C=O) groups is 1. The molecule has 2 aliphatic rings. The largest absolute Gasteiger partial charge is 0.495 e. The standard InChI is InChI=1S/C22H24Cl3N3O4S/c1-32-20-7-6-18(33(30,31)28-9-8-16-4-2-3-5-17(16)15-28)14-19(20)26-10-12-27(13-11-26)21(29)22(23,24)25/h2-7,14H,8-13,15H2,1H3. The van der Waals surface area contributed by atoms with Gasteiger partial charge in [-0.05, 0) is 35.7 Å². The molecule has 11 heteroatoms. The van der Waals surface area contributed by atoms with Crippen LogP contribution in [0, 0.1) is 0 Å². The van der Waals surface area contributed by atoms with Crippen LogP contribution in [-0.2, 0) is 27.8 Å². The number of fused-ring (bicyclic) bond motifs is 1. The van der Waals surface area contributed by atoms with Crippen molar-refractivity contribution in [2.75, 3.05) is 44.7 Å². The van der Waals surface area contributed by atoms with Crippen molar-refractivity contribution >= 4 is 56.4 Å². The van der Waals surface area contributed by atoms with Gasteiger partial charge >= 0.3 is 0 Å². The van der Waals surface area contributed by atoms with E-state index in [9.17, 15) is 13.2 Å². The molecule has 1 saturated heterocycles. The molecule has 0 atom stereocenters. The van der Waals surface area contributed by atoms with Gasteiger partial charge in [-0.1, -0.05) is 59.1 Å². The minimum absolute atomic E-state index is 0.206. The fourth-order valence-electron chi connectivity index (χ4n) is 4.23. The first kappa shape index (κ1) is 24.4. The minimum atomic E-state index is -3.70. The van der Waals surface area contributed by atoms with Gasteiger partial charge in [-0.3, -0.25) is 4.79 Å². The van der Waals surface area contributed by atoms with Crippen LogP contribution in [0.2, 0.25) is 0 Å². The summed E-state index contributed by atoms with van der Waals surface area (Å²) in [5, 5.41) is 0. The van der Waals surface area contributed by atoms with E-state index in [0.29, 0.717) is 57.1 Å². The number of sulfonamides is 1. The van der Waals surface area contributed by atoms with Crippen molar-refractivity contribution in [3.63, 3.8) is 0 Å². The molecule has 0 aliphatic carbocycles. The summed E-state index contributed by atoms with van der Waals surface area (Å²) in [6.07, 6.45) is 0.678. The average Bonchev–Trinajstić information content (AvgIpc) is 2.82. The summed E-state index contributed by atoms with van der Waals surface area (Å²) in [5.74, 6) is -0.0140. The molecule has 0 aromatic heterocycles. The summed E-state index contributed by atoms with van der Waals surface area (Å²) in [7, 11) is -2.16. The maximum absolute atomic E-state index is 13.5. The third kappa shape index (κ3) is 5.05. The van der Waals surface area contributed by atoms with Crippen LogP contribution in [0.1, 0.15) is 11.1 Å². The zero-order valence-electron chi connectivity index (χ0n) is 18.0. The maximum atomic E-state index is 13.5. The highest BCUT2D eigenvalue weighted by Gasteiger charge is 2.37. The summed E-state index contributed by atoms with van der Waals surface area (Å²) in [5.41, 5.74) is 2.86. The number of amides is 1. The van der Waals surface area contributed by atoms with E-state index in [1.165, 1.54) is 21.9 Å². The van der Waals surface area contributed by atoms with Crippen molar-refractivity contribution in [2.45, 2.75) is 21.7 Å². The number of ether oxygens (including phenoxy) is 1. The molecule has 4 rings (SSSR count). The molecule has 2 aromatic rings. The van der Waals surface area contributed by atoms with Gasteiger partial charge in [0.05, 0.1) is 17.7 Å². The van der Waals surface area contributed by atoms with Crippen molar-refractivity contribution in [3.8, 4) is 5.75 Å². The van der Waals surface area contributed by atoms with Crippen LogP contribution in [0.3, 0.4) is 0 Å². The van der Waals surface area contributed by atoms with Crippen molar-refractivity contribution in [1.29, 1.82) is 0 Å². The predicted molar refractivity (Wildman–Crippen MR) is 130 cm³/mol. The molecular weight excluding hydrogens is 509 g/mol. The van der Waals surface area contributed by atoms with Gasteiger partial charge in [0, 0.05) is 39.3 Å². The third-order valence-electron chi connectivity index (χ3n) is 6.03. The summed E-state index contributed by atoms with van der Waals surface area (Å²) in [6, 6.07) is 12.8. The second-order valence-corrected chi connectivity index (χ2v) is 12.2. The maximum Gasteiger partial charge on any atom is 0.274 e. The lowest BCUT2D eigenvalue weighted by Gasteiger charge is -2.37. The van der Waals surface area contributed by atoms with Crippen LogP contribution in [0.5, 0.6) is 5.75 Å². The highest BCUT2D eigenvalue weighted by Crippen LogP contribution is 2.35. The number of carbonyl (C=O) groups excluding carboxylic acids is 1. The topological polar surface area (TPSA) is 70.2 Å². The van der Waals surface area contributed by atoms with E-state index in [2.05, 4.69) is 0 Å². The van der Waals surface area contributed by atoms with Crippen molar-refractivity contribution in [1.82, 2.24) is 9.21 Å². The first-order chi connectivity index (χ1) is 15.6. The molecule has 0 bridgehead atoms. The van der Waals surface area contributed by atoms with Crippen LogP contribution >= 0.6 is 34.8 Å². The molecule has 1 fully saturated rings. The number of alkyl halides is 3. The molecule has 0 spiro atoms. The van der Waals surface area contributed by atoms with Crippen molar-refractivity contribution in [3.05, 3.63) is 53.6 Å². The number of hydrogen-bond acceptors (Lipinski definition) is 5. The third-order valence-corrected chi connectivity index (χ3v) is 8.36. The van der Waals surface area contributed by atoms with E-state index >= 15 is 0 Å². The fraction of sp³-hybridized carbons (Fsp3) is 0.409. The Bertz CT molecular complexity index is 1150. The Hall–Kier alpha value is -1.71. The molecule has 0 N–H and O–H groups in total. The lowest BCUT2D eigenvalue weighted by molar-refractivity contribution is -0.130. The zero-order chi connectivity index (χ0) is 23.8. The van der Waals surface area contributed by atoms with Crippen molar-refractivity contribution in [2.24, 2.45) is 0 Å². The van der Waals surface area contributed by atoms with E-state index in [1.54, 1.807) is 18.2 Å².